The van der Waals surface area contributed by atoms with E-state index in [9.17, 15) is 22.8 Å². The van der Waals surface area contributed by atoms with Gasteiger partial charge >= 0.3 is 12.1 Å². The molecule has 0 aliphatic heterocycles. The minimum atomic E-state index is -4.46. The van der Waals surface area contributed by atoms with Crippen LogP contribution in [0.15, 0.2) is 0 Å². The molecule has 0 saturated carbocycles. The van der Waals surface area contributed by atoms with Crippen LogP contribution >= 0.6 is 0 Å². The number of carbonyl (C=O) groups excluding carboxylic acids is 2. The molecule has 0 rings (SSSR count). The second-order valence-corrected chi connectivity index (χ2v) is 4.47. The summed E-state index contributed by atoms with van der Waals surface area (Å²) in [5.74, 6) is -1.55. The summed E-state index contributed by atoms with van der Waals surface area (Å²) in [6, 6.07) is -1.69. The highest BCUT2D eigenvalue weighted by Gasteiger charge is 2.30. The lowest BCUT2D eigenvalue weighted by Gasteiger charge is -2.23. The Labute approximate surface area is 109 Å². The lowest BCUT2D eigenvalue weighted by atomic mass is 10.0. The minimum absolute atomic E-state index is 0.162. The number of ether oxygens (including phenoxy) is 1. The minimum Gasteiger partial charge on any atom is -0.468 e. The Morgan fingerprint density at radius 3 is 2.11 bits per heavy atom. The number of halogens is 3. The van der Waals surface area contributed by atoms with Crippen molar-refractivity contribution in [3.63, 3.8) is 0 Å². The SMILES string of the molecule is COC(=O)C(NC(C)C(=O)NCC(F)(F)F)C(C)C. The second-order valence-electron chi connectivity index (χ2n) is 4.47. The zero-order chi connectivity index (χ0) is 15.2. The second kappa shape index (κ2) is 7.32. The number of nitrogens with one attached hydrogen (secondary N) is 2. The van der Waals surface area contributed by atoms with Gasteiger partial charge in [-0.05, 0) is 12.8 Å². The molecule has 2 N–H and O–H groups in total. The molecule has 0 aromatic heterocycles. The van der Waals surface area contributed by atoms with E-state index >= 15 is 0 Å². The lowest BCUT2D eigenvalue weighted by molar-refractivity contribution is -0.145. The molecule has 5 nitrogen and oxygen atoms in total. The average molecular weight is 284 g/mol. The van der Waals surface area contributed by atoms with Crippen molar-refractivity contribution in [2.45, 2.75) is 39.0 Å². The normalized spacial score (nSPS) is 14.9. The van der Waals surface area contributed by atoms with Gasteiger partial charge < -0.3 is 10.1 Å². The van der Waals surface area contributed by atoms with Crippen molar-refractivity contribution in [1.29, 1.82) is 0 Å². The van der Waals surface area contributed by atoms with Crippen molar-refractivity contribution in [3.05, 3.63) is 0 Å². The smallest absolute Gasteiger partial charge is 0.405 e. The molecule has 8 heteroatoms. The Morgan fingerprint density at radius 2 is 1.74 bits per heavy atom. The van der Waals surface area contributed by atoms with Crippen LogP contribution in [0.5, 0.6) is 0 Å². The van der Waals surface area contributed by atoms with Gasteiger partial charge in [0, 0.05) is 0 Å². The molecule has 1 amide bonds. The maximum atomic E-state index is 11.9. The number of carbonyl (C=O) groups is 2. The average Bonchev–Trinajstić information content (AvgIpc) is 2.30. The summed E-state index contributed by atoms with van der Waals surface area (Å²) in [6.45, 7) is 3.44. The summed E-state index contributed by atoms with van der Waals surface area (Å²) in [6.07, 6.45) is -4.46. The first-order chi connectivity index (χ1) is 8.58. The highest BCUT2D eigenvalue weighted by Crippen LogP contribution is 2.12. The third kappa shape index (κ3) is 7.00. The fourth-order valence-electron chi connectivity index (χ4n) is 1.35. The van der Waals surface area contributed by atoms with E-state index in [4.69, 9.17) is 0 Å². The number of rotatable bonds is 6. The summed E-state index contributed by atoms with van der Waals surface area (Å²) in [5, 5.41) is 4.39. The Bertz CT molecular complexity index is 319. The van der Waals surface area contributed by atoms with Gasteiger partial charge in [0.15, 0.2) is 0 Å². The van der Waals surface area contributed by atoms with Gasteiger partial charge in [-0.25, -0.2) is 0 Å². The van der Waals surface area contributed by atoms with Crippen molar-refractivity contribution in [2.75, 3.05) is 13.7 Å². The molecule has 0 aliphatic carbocycles. The van der Waals surface area contributed by atoms with Crippen LogP contribution in [0.4, 0.5) is 13.2 Å². The molecule has 0 aromatic carbocycles. The number of hydrogen-bond acceptors (Lipinski definition) is 4. The molecule has 0 bridgehead atoms. The molecule has 0 fully saturated rings. The number of hydrogen-bond donors (Lipinski definition) is 2. The summed E-state index contributed by atoms with van der Waals surface area (Å²) < 4.78 is 40.4. The molecule has 0 spiro atoms. The largest absolute Gasteiger partial charge is 0.468 e. The predicted molar refractivity (Wildman–Crippen MR) is 62.3 cm³/mol. The van der Waals surface area contributed by atoms with E-state index in [0.717, 1.165) is 0 Å². The monoisotopic (exact) mass is 284 g/mol. The molecule has 2 atom stereocenters. The Hall–Kier alpha value is -1.31. The van der Waals surface area contributed by atoms with E-state index in [2.05, 4.69) is 10.1 Å². The van der Waals surface area contributed by atoms with Crippen LogP contribution in [-0.2, 0) is 14.3 Å². The first-order valence-corrected chi connectivity index (χ1v) is 5.76. The highest BCUT2D eigenvalue weighted by molar-refractivity contribution is 5.83. The van der Waals surface area contributed by atoms with E-state index in [-0.39, 0.29) is 5.92 Å². The Kier molecular flexibility index (Phi) is 6.82. The summed E-state index contributed by atoms with van der Waals surface area (Å²) in [7, 11) is 1.20. The van der Waals surface area contributed by atoms with Crippen molar-refractivity contribution in [1.82, 2.24) is 10.6 Å². The van der Waals surface area contributed by atoms with Crippen LogP contribution in [0, 0.1) is 5.92 Å². The first kappa shape index (κ1) is 17.7. The van der Waals surface area contributed by atoms with Gasteiger partial charge in [-0.2, -0.15) is 13.2 Å². The molecule has 0 aromatic rings. The zero-order valence-corrected chi connectivity index (χ0v) is 11.3. The number of esters is 1. The van der Waals surface area contributed by atoms with E-state index in [0.29, 0.717) is 0 Å². The zero-order valence-electron chi connectivity index (χ0n) is 11.3. The molecule has 112 valence electrons. The molecule has 0 aliphatic rings. The predicted octanol–water partition coefficient (Wildman–Crippen LogP) is 0.841. The van der Waals surface area contributed by atoms with Crippen molar-refractivity contribution in [3.8, 4) is 0 Å². The van der Waals surface area contributed by atoms with Crippen molar-refractivity contribution >= 4 is 11.9 Å². The molecule has 0 saturated heterocycles. The van der Waals surface area contributed by atoms with E-state index in [1.165, 1.54) is 14.0 Å². The van der Waals surface area contributed by atoms with Crippen LogP contribution in [0.2, 0.25) is 0 Å². The molecule has 19 heavy (non-hydrogen) atoms. The van der Waals surface area contributed by atoms with Gasteiger partial charge in [0.25, 0.3) is 0 Å². The van der Waals surface area contributed by atoms with Crippen LogP contribution < -0.4 is 10.6 Å². The maximum Gasteiger partial charge on any atom is 0.405 e. The maximum absolute atomic E-state index is 11.9. The summed E-state index contributed by atoms with van der Waals surface area (Å²) in [5.41, 5.74) is 0. The fourth-order valence-corrected chi connectivity index (χ4v) is 1.35. The molecular weight excluding hydrogens is 265 g/mol. The molecule has 2 unspecified atom stereocenters. The number of alkyl halides is 3. The first-order valence-electron chi connectivity index (χ1n) is 5.76. The van der Waals surface area contributed by atoms with E-state index < -0.39 is 36.7 Å². The van der Waals surface area contributed by atoms with Gasteiger partial charge in [0.05, 0.1) is 13.2 Å². The number of amides is 1. The quantitative estimate of drug-likeness (QED) is 0.709. The van der Waals surface area contributed by atoms with Gasteiger partial charge in [-0.3, -0.25) is 14.9 Å². The lowest BCUT2D eigenvalue weighted by Crippen LogP contribution is -2.52. The van der Waals surface area contributed by atoms with Gasteiger partial charge in [-0.1, -0.05) is 13.8 Å². The molecule has 0 heterocycles. The van der Waals surface area contributed by atoms with Crippen LogP contribution in [-0.4, -0.2) is 43.8 Å². The number of methoxy groups -OCH3 is 1. The Balaban J connectivity index is 4.44. The third-order valence-corrected chi connectivity index (χ3v) is 2.41. The van der Waals surface area contributed by atoms with Gasteiger partial charge in [0.2, 0.25) is 5.91 Å². The van der Waals surface area contributed by atoms with Crippen LogP contribution in [0.1, 0.15) is 20.8 Å². The molecular formula is C11H19F3N2O3. The van der Waals surface area contributed by atoms with Gasteiger partial charge in [-0.15, -0.1) is 0 Å². The summed E-state index contributed by atoms with van der Waals surface area (Å²) >= 11 is 0. The van der Waals surface area contributed by atoms with Gasteiger partial charge in [0.1, 0.15) is 12.6 Å². The van der Waals surface area contributed by atoms with Crippen LogP contribution in [0.25, 0.3) is 0 Å². The van der Waals surface area contributed by atoms with Crippen molar-refractivity contribution in [2.24, 2.45) is 5.92 Å². The fraction of sp³-hybridized carbons (Fsp3) is 0.818. The van der Waals surface area contributed by atoms with Crippen molar-refractivity contribution < 1.29 is 27.5 Å². The highest BCUT2D eigenvalue weighted by atomic mass is 19.4. The standard InChI is InChI=1S/C11H19F3N2O3/c1-6(2)8(10(18)19-4)16-7(3)9(17)15-5-11(12,13)14/h6-8,16H,5H2,1-4H3,(H,15,17). The summed E-state index contributed by atoms with van der Waals surface area (Å²) in [4.78, 5) is 22.9. The Morgan fingerprint density at radius 1 is 1.21 bits per heavy atom. The topological polar surface area (TPSA) is 67.4 Å². The molecule has 0 radical (unpaired) electrons. The van der Waals surface area contributed by atoms with E-state index in [1.54, 1.807) is 19.2 Å². The van der Waals surface area contributed by atoms with E-state index in [1.807, 2.05) is 0 Å². The third-order valence-electron chi connectivity index (χ3n) is 2.41. The van der Waals surface area contributed by atoms with Crippen LogP contribution in [0.3, 0.4) is 0 Å².